The molecule has 41 heavy (non-hydrogen) atoms. The van der Waals surface area contributed by atoms with Gasteiger partial charge in [-0.25, -0.2) is 4.39 Å². The van der Waals surface area contributed by atoms with Crippen molar-refractivity contribution in [1.82, 2.24) is 15.6 Å². The number of benzene rings is 2. The first-order chi connectivity index (χ1) is 19.6. The number of rotatable bonds is 12. The van der Waals surface area contributed by atoms with Crippen LogP contribution in [0.2, 0.25) is 0 Å². The number of nitrogens with one attached hydrogen (secondary N) is 2. The smallest absolute Gasteiger partial charge is 0.216 e. The summed E-state index contributed by atoms with van der Waals surface area (Å²) in [7, 11) is 1.41. The van der Waals surface area contributed by atoms with Crippen LogP contribution in [0.15, 0.2) is 60.8 Å². The van der Waals surface area contributed by atoms with Crippen LogP contribution in [0.25, 0.3) is 11.1 Å². The Hall–Kier alpha value is -2.82. The van der Waals surface area contributed by atoms with Crippen molar-refractivity contribution in [3.63, 3.8) is 0 Å². The molecule has 4 rings (SSSR count). The molecule has 1 aromatic heterocycles. The van der Waals surface area contributed by atoms with Gasteiger partial charge >= 0.3 is 0 Å². The number of amides is 1. The number of aliphatic hydroxyl groups is 1. The van der Waals surface area contributed by atoms with E-state index < -0.39 is 10.6 Å². The fraction of sp³-hybridized carbons (Fsp3) is 0.438. The van der Waals surface area contributed by atoms with Crippen molar-refractivity contribution in [2.24, 2.45) is 0 Å². The van der Waals surface area contributed by atoms with E-state index in [0.29, 0.717) is 31.7 Å². The summed E-state index contributed by atoms with van der Waals surface area (Å²) in [6.45, 7) is 5.26. The first-order valence-corrected chi connectivity index (χ1v) is 14.4. The number of alkyl halides is 1. The number of hydrogen-bond donors (Lipinski definition) is 4. The van der Waals surface area contributed by atoms with Crippen molar-refractivity contribution in [3.8, 4) is 11.1 Å². The van der Waals surface area contributed by atoms with E-state index in [1.165, 1.54) is 19.6 Å². The van der Waals surface area contributed by atoms with E-state index in [4.69, 9.17) is 9.47 Å². The van der Waals surface area contributed by atoms with Gasteiger partial charge in [-0.15, -0.1) is 12.6 Å². The number of ether oxygens (including phenoxy) is 2. The molecule has 2 aromatic carbocycles. The second-order valence-corrected chi connectivity index (χ2v) is 11.6. The highest BCUT2D eigenvalue weighted by Crippen LogP contribution is 2.43. The van der Waals surface area contributed by atoms with E-state index in [1.807, 2.05) is 24.3 Å². The van der Waals surface area contributed by atoms with Gasteiger partial charge in [-0.2, -0.15) is 0 Å². The molecule has 1 aliphatic heterocycles. The maximum absolute atomic E-state index is 14.1. The molecule has 2 heterocycles. The third-order valence-electron chi connectivity index (χ3n) is 7.61. The Morgan fingerprint density at radius 3 is 2.76 bits per heavy atom. The molecular weight excluding hydrogens is 541 g/mol. The molecule has 0 saturated carbocycles. The largest absolute Gasteiger partial charge is 0.384 e. The summed E-state index contributed by atoms with van der Waals surface area (Å²) in [5.41, 5.74) is 5.88. The van der Waals surface area contributed by atoms with Gasteiger partial charge in [-0.3, -0.25) is 9.78 Å². The molecule has 1 unspecified atom stereocenters. The minimum Gasteiger partial charge on any atom is -0.384 e. The molecule has 0 aliphatic carbocycles. The number of piperidine rings is 1. The van der Waals surface area contributed by atoms with Crippen LogP contribution in [-0.4, -0.2) is 61.0 Å². The topological polar surface area (TPSA) is 92.7 Å². The molecule has 3 aromatic rings. The minimum atomic E-state index is -1.87. The highest BCUT2D eigenvalue weighted by molar-refractivity contribution is 7.81. The molecule has 7 nitrogen and oxygen atoms in total. The van der Waals surface area contributed by atoms with Crippen LogP contribution in [-0.2, 0) is 32.9 Å². The highest BCUT2D eigenvalue weighted by Gasteiger charge is 2.42. The first-order valence-electron chi connectivity index (χ1n) is 13.9. The lowest BCUT2D eigenvalue weighted by molar-refractivity contribution is -0.118. The number of halogens is 1. The minimum absolute atomic E-state index is 0.0336. The van der Waals surface area contributed by atoms with E-state index in [-0.39, 0.29) is 31.6 Å². The number of carbonyl (C=O) groups is 1. The van der Waals surface area contributed by atoms with E-state index in [1.54, 1.807) is 6.20 Å². The number of thiol groups is 1. The normalized spacial score (nSPS) is 20.4. The average molecular weight is 582 g/mol. The highest BCUT2D eigenvalue weighted by atomic mass is 32.1. The van der Waals surface area contributed by atoms with Crippen molar-refractivity contribution in [2.45, 2.75) is 49.8 Å². The molecule has 9 heteroatoms. The number of aryl methyl sites for hydroxylation is 1. The first kappa shape index (κ1) is 31.1. The molecule has 220 valence electrons. The van der Waals surface area contributed by atoms with Crippen LogP contribution >= 0.6 is 12.6 Å². The van der Waals surface area contributed by atoms with Gasteiger partial charge in [0.1, 0.15) is 5.60 Å². The van der Waals surface area contributed by atoms with Gasteiger partial charge in [0.05, 0.1) is 25.5 Å². The van der Waals surface area contributed by atoms with E-state index in [9.17, 15) is 14.3 Å². The average Bonchev–Trinajstić information content (AvgIpc) is 2.94. The van der Waals surface area contributed by atoms with E-state index >= 15 is 0 Å². The number of carbonyl (C=O) groups excluding carboxylic acids is 1. The van der Waals surface area contributed by atoms with Gasteiger partial charge in [0.15, 0.2) is 5.00 Å². The quantitative estimate of drug-likeness (QED) is 0.236. The van der Waals surface area contributed by atoms with Crippen molar-refractivity contribution in [3.05, 3.63) is 88.7 Å². The molecule has 1 fully saturated rings. The predicted octanol–water partition coefficient (Wildman–Crippen LogP) is 4.46. The second kappa shape index (κ2) is 13.9. The van der Waals surface area contributed by atoms with Crippen molar-refractivity contribution >= 4 is 18.5 Å². The summed E-state index contributed by atoms with van der Waals surface area (Å²) >= 11 is 3.92. The third-order valence-corrected chi connectivity index (χ3v) is 7.87. The monoisotopic (exact) mass is 581 g/mol. The standard InChI is InChI=1S/C32H40FN3O4S/c1-22-16-25(29-7-5-4-6-24(29)12-14-35-23(2)37)8-11-28(22)30-18-34-15-13-32(30,38)26-9-10-27(36-17-26)19-40-21-31(33,41)20-39-3/h4-11,16-17,30,34,38,41H,12-15,18-21H2,1-3H3,(H,35,37)/t30-,31?,32+/m1/s1. The summed E-state index contributed by atoms with van der Waals surface area (Å²) < 4.78 is 24.4. The zero-order chi connectivity index (χ0) is 29.5. The van der Waals surface area contributed by atoms with Crippen LogP contribution in [0.4, 0.5) is 4.39 Å². The molecule has 3 N–H and O–H groups in total. The molecular formula is C32H40FN3O4S. The Labute approximate surface area is 247 Å². The zero-order valence-electron chi connectivity index (χ0n) is 24.0. The summed E-state index contributed by atoms with van der Waals surface area (Å²) in [6.07, 6.45) is 2.99. The fourth-order valence-corrected chi connectivity index (χ4v) is 5.77. The zero-order valence-corrected chi connectivity index (χ0v) is 24.8. The lowest BCUT2D eigenvalue weighted by Gasteiger charge is -2.41. The Balaban J connectivity index is 1.52. The Morgan fingerprint density at radius 2 is 2.05 bits per heavy atom. The third kappa shape index (κ3) is 7.93. The summed E-state index contributed by atoms with van der Waals surface area (Å²) in [5, 5.41) is 16.5. The summed E-state index contributed by atoms with van der Waals surface area (Å²) in [6, 6.07) is 18.4. The van der Waals surface area contributed by atoms with Crippen molar-refractivity contribution in [2.75, 3.05) is 40.0 Å². The maximum atomic E-state index is 14.1. The van der Waals surface area contributed by atoms with Gasteiger partial charge in [0.2, 0.25) is 5.91 Å². The van der Waals surface area contributed by atoms with E-state index in [0.717, 1.165) is 34.2 Å². The van der Waals surface area contributed by atoms with Gasteiger partial charge in [-0.05, 0) is 60.2 Å². The number of pyridine rings is 1. The van der Waals surface area contributed by atoms with Gasteiger partial charge in [-0.1, -0.05) is 48.5 Å². The SMILES string of the molecule is COCC(F)(S)COCc1ccc([C@@]2(O)CCNC[C@@H]2c2ccc(-c3ccccc3CCNC(C)=O)cc2C)cn1. The van der Waals surface area contributed by atoms with Gasteiger partial charge in [0.25, 0.3) is 0 Å². The number of aromatic nitrogens is 1. The van der Waals surface area contributed by atoms with Crippen LogP contribution in [0.5, 0.6) is 0 Å². The molecule has 3 atom stereocenters. The van der Waals surface area contributed by atoms with Crippen LogP contribution in [0.1, 0.15) is 47.2 Å². The Kier molecular flexibility index (Phi) is 10.5. The molecule has 0 radical (unpaired) electrons. The number of nitrogens with zero attached hydrogens (tertiary/aromatic N) is 1. The van der Waals surface area contributed by atoms with Crippen molar-refractivity contribution < 1.29 is 23.8 Å². The van der Waals surface area contributed by atoms with Crippen LogP contribution in [0.3, 0.4) is 0 Å². The Morgan fingerprint density at radius 1 is 1.24 bits per heavy atom. The van der Waals surface area contributed by atoms with Crippen molar-refractivity contribution in [1.29, 1.82) is 0 Å². The lowest BCUT2D eigenvalue weighted by Crippen LogP contribution is -2.47. The summed E-state index contributed by atoms with van der Waals surface area (Å²) in [4.78, 5) is 15.8. The van der Waals surface area contributed by atoms with Gasteiger partial charge < -0.3 is 25.2 Å². The van der Waals surface area contributed by atoms with Gasteiger partial charge in [0, 0.05) is 44.8 Å². The fourth-order valence-electron chi connectivity index (χ4n) is 5.55. The maximum Gasteiger partial charge on any atom is 0.216 e. The Bertz CT molecular complexity index is 1320. The van der Waals surface area contributed by atoms with E-state index in [2.05, 4.69) is 65.5 Å². The summed E-state index contributed by atoms with van der Waals surface area (Å²) in [5.74, 6) is -0.205. The predicted molar refractivity (Wildman–Crippen MR) is 162 cm³/mol. The molecule has 0 bridgehead atoms. The number of methoxy groups -OCH3 is 1. The van der Waals surface area contributed by atoms with Crippen LogP contribution in [0, 0.1) is 6.92 Å². The molecule has 0 spiro atoms. The second-order valence-electron chi connectivity index (χ2n) is 10.8. The molecule has 1 amide bonds. The lowest BCUT2D eigenvalue weighted by atomic mass is 9.72. The number of hydrogen-bond acceptors (Lipinski definition) is 7. The van der Waals surface area contributed by atoms with Crippen LogP contribution < -0.4 is 10.6 Å². The molecule has 1 aliphatic rings. The molecule has 1 saturated heterocycles.